The molecule has 0 bridgehead atoms. The van der Waals surface area contributed by atoms with E-state index in [1.807, 2.05) is 60.7 Å². The summed E-state index contributed by atoms with van der Waals surface area (Å²) in [7, 11) is 0. The highest BCUT2D eigenvalue weighted by atomic mass is 16.2. The highest BCUT2D eigenvalue weighted by Gasteiger charge is 2.14. The first kappa shape index (κ1) is 19.3. The number of nitrogens with zero attached hydrogens (tertiary/aromatic N) is 1. The highest BCUT2D eigenvalue weighted by molar-refractivity contribution is 6.24. The number of carbonyl (C=O) groups excluding carboxylic acids is 2. The molecule has 0 aliphatic rings. The molecule has 156 valence electrons. The number of hydrogen-bond donors (Lipinski definition) is 4. The van der Waals surface area contributed by atoms with Crippen molar-refractivity contribution in [1.82, 2.24) is 15.0 Å². The third kappa shape index (κ3) is 3.52. The summed E-state index contributed by atoms with van der Waals surface area (Å²) in [6.45, 7) is 0. The fraction of sp³-hybridized carbons (Fsp3) is 0. The molecule has 32 heavy (non-hydrogen) atoms. The van der Waals surface area contributed by atoms with Gasteiger partial charge in [-0.25, -0.2) is 4.98 Å². The number of pyridine rings is 1. The monoisotopic (exact) mass is 421 g/mol. The van der Waals surface area contributed by atoms with E-state index in [0.29, 0.717) is 22.6 Å². The molecule has 0 fully saturated rings. The first-order valence-corrected chi connectivity index (χ1v) is 10.0. The molecule has 0 aliphatic heterocycles. The summed E-state index contributed by atoms with van der Waals surface area (Å²) in [5, 5.41) is 4.50. The van der Waals surface area contributed by atoms with Crippen LogP contribution in [0.15, 0.2) is 79.1 Å². The summed E-state index contributed by atoms with van der Waals surface area (Å²) >= 11 is 0. The molecule has 7 nitrogen and oxygen atoms in total. The zero-order valence-electron chi connectivity index (χ0n) is 16.9. The number of amides is 2. The molecular formula is C25H19N5O2. The van der Waals surface area contributed by atoms with Crippen LogP contribution in [0, 0.1) is 0 Å². The average molecular weight is 421 g/mol. The lowest BCUT2D eigenvalue weighted by atomic mass is 10.0. The Bertz CT molecular complexity index is 1490. The Morgan fingerprint density at radius 2 is 1.66 bits per heavy atom. The number of benzene rings is 2. The fourth-order valence-electron chi connectivity index (χ4n) is 3.73. The second kappa shape index (κ2) is 7.88. The van der Waals surface area contributed by atoms with Gasteiger partial charge in [-0.3, -0.25) is 9.59 Å². The topological polar surface area (TPSA) is 117 Å². The number of primary amides is 1. The number of rotatable bonds is 5. The molecule has 0 saturated heterocycles. The minimum atomic E-state index is -0.513. The number of carbonyl (C=O) groups is 2. The van der Waals surface area contributed by atoms with Crippen LogP contribution in [-0.2, 0) is 4.79 Å². The van der Waals surface area contributed by atoms with Crippen molar-refractivity contribution in [1.29, 1.82) is 0 Å². The first-order valence-electron chi connectivity index (χ1n) is 10.0. The van der Waals surface area contributed by atoms with Crippen molar-refractivity contribution in [2.75, 3.05) is 5.32 Å². The van der Waals surface area contributed by atoms with E-state index in [2.05, 4.69) is 20.3 Å². The summed E-state index contributed by atoms with van der Waals surface area (Å²) in [5.41, 5.74) is 9.56. The summed E-state index contributed by atoms with van der Waals surface area (Å²) in [6, 6.07) is 20.4. The van der Waals surface area contributed by atoms with Gasteiger partial charge in [0.05, 0.1) is 5.56 Å². The zero-order chi connectivity index (χ0) is 22.1. The van der Waals surface area contributed by atoms with E-state index in [-0.39, 0.29) is 5.91 Å². The molecule has 0 unspecified atom stereocenters. The quantitative estimate of drug-likeness (QED) is 0.317. The maximum Gasteiger partial charge on any atom is 0.258 e. The number of nitrogens with two attached hydrogens (primary N) is 1. The molecule has 5 rings (SSSR count). The number of anilines is 1. The molecule has 2 amide bonds. The molecule has 0 aliphatic carbocycles. The SMILES string of the molecule is NC(=O)/C(=C\c1c[nH]c2nc(NC(=O)c3c[nH]c4ccccc34)ccc12)c1ccccc1. The van der Waals surface area contributed by atoms with Gasteiger partial charge in [0.25, 0.3) is 5.91 Å². The molecule has 5 aromatic rings. The lowest BCUT2D eigenvalue weighted by Crippen LogP contribution is -2.12. The lowest BCUT2D eigenvalue weighted by molar-refractivity contribution is -0.112. The van der Waals surface area contributed by atoms with Crippen LogP contribution in [0.25, 0.3) is 33.6 Å². The summed E-state index contributed by atoms with van der Waals surface area (Å²) in [5.74, 6) is -0.342. The van der Waals surface area contributed by atoms with E-state index in [9.17, 15) is 9.59 Å². The normalized spacial score (nSPS) is 11.7. The van der Waals surface area contributed by atoms with Gasteiger partial charge in [0.15, 0.2) is 0 Å². The Balaban J connectivity index is 1.45. The Kier molecular flexibility index (Phi) is 4.76. The largest absolute Gasteiger partial charge is 0.366 e. The molecule has 0 spiro atoms. The Labute approximate surface area is 183 Å². The van der Waals surface area contributed by atoms with Crippen molar-refractivity contribution in [2.45, 2.75) is 0 Å². The van der Waals surface area contributed by atoms with Crippen LogP contribution in [0.1, 0.15) is 21.5 Å². The second-order valence-electron chi connectivity index (χ2n) is 7.33. The second-order valence-corrected chi connectivity index (χ2v) is 7.33. The van der Waals surface area contributed by atoms with Gasteiger partial charge in [-0.1, -0.05) is 48.5 Å². The molecular weight excluding hydrogens is 402 g/mol. The minimum absolute atomic E-state index is 0.249. The predicted molar refractivity (Wildman–Crippen MR) is 126 cm³/mol. The van der Waals surface area contributed by atoms with Gasteiger partial charge in [-0.15, -0.1) is 0 Å². The molecule has 0 radical (unpaired) electrons. The fourth-order valence-corrected chi connectivity index (χ4v) is 3.73. The number of H-pyrrole nitrogens is 2. The van der Waals surface area contributed by atoms with E-state index >= 15 is 0 Å². The van der Waals surface area contributed by atoms with Crippen molar-refractivity contribution in [2.24, 2.45) is 5.73 Å². The van der Waals surface area contributed by atoms with Crippen molar-refractivity contribution >= 4 is 51.2 Å². The van der Waals surface area contributed by atoms with E-state index in [4.69, 9.17) is 5.73 Å². The van der Waals surface area contributed by atoms with Crippen LogP contribution >= 0.6 is 0 Å². The van der Waals surface area contributed by atoms with Gasteiger partial charge in [0, 0.05) is 39.8 Å². The van der Waals surface area contributed by atoms with Gasteiger partial charge < -0.3 is 21.0 Å². The van der Waals surface area contributed by atoms with Crippen LogP contribution < -0.4 is 11.1 Å². The van der Waals surface area contributed by atoms with Crippen molar-refractivity contribution in [3.8, 4) is 0 Å². The maximum absolute atomic E-state index is 12.8. The van der Waals surface area contributed by atoms with E-state index in [0.717, 1.165) is 27.4 Å². The zero-order valence-corrected chi connectivity index (χ0v) is 16.9. The number of para-hydroxylation sites is 1. The Morgan fingerprint density at radius 3 is 2.47 bits per heavy atom. The lowest BCUT2D eigenvalue weighted by Gasteiger charge is -2.05. The predicted octanol–water partition coefficient (Wildman–Crippen LogP) is 4.32. The third-order valence-electron chi connectivity index (χ3n) is 5.30. The van der Waals surface area contributed by atoms with Crippen LogP contribution in [0.2, 0.25) is 0 Å². The molecule has 3 heterocycles. The van der Waals surface area contributed by atoms with Gasteiger partial charge in [0.1, 0.15) is 11.5 Å². The smallest absolute Gasteiger partial charge is 0.258 e. The maximum atomic E-state index is 12.8. The molecule has 2 aromatic carbocycles. The minimum Gasteiger partial charge on any atom is -0.366 e. The Morgan fingerprint density at radius 1 is 0.875 bits per heavy atom. The molecule has 0 atom stereocenters. The number of aromatic nitrogens is 3. The number of hydrogen-bond acceptors (Lipinski definition) is 3. The third-order valence-corrected chi connectivity index (χ3v) is 5.30. The average Bonchev–Trinajstić information content (AvgIpc) is 3.42. The van der Waals surface area contributed by atoms with Gasteiger partial charge in [-0.05, 0) is 29.8 Å². The van der Waals surface area contributed by atoms with Gasteiger partial charge in [0.2, 0.25) is 5.91 Å². The van der Waals surface area contributed by atoms with E-state index < -0.39 is 5.91 Å². The van der Waals surface area contributed by atoms with Gasteiger partial charge in [-0.2, -0.15) is 0 Å². The summed E-state index contributed by atoms with van der Waals surface area (Å²) in [4.78, 5) is 35.5. The van der Waals surface area contributed by atoms with E-state index in [1.165, 1.54) is 0 Å². The molecule has 7 heteroatoms. The Hall–Kier alpha value is -4.65. The molecule has 5 N–H and O–H groups in total. The molecule has 0 saturated carbocycles. The number of aromatic amines is 2. The standard InChI is InChI=1S/C25H19N5O2/c26-23(31)19(15-6-2-1-3-7-15)12-16-13-28-24-17(16)10-11-22(29-24)30-25(32)20-14-27-21-9-5-4-8-18(20)21/h1-14,27H,(H2,26,31)(H2,28,29,30,32)/b19-12-. The molecule has 3 aromatic heterocycles. The van der Waals surface area contributed by atoms with Crippen LogP contribution in [-0.4, -0.2) is 26.8 Å². The number of nitrogens with one attached hydrogen (secondary N) is 3. The van der Waals surface area contributed by atoms with Crippen molar-refractivity contribution in [3.63, 3.8) is 0 Å². The van der Waals surface area contributed by atoms with Crippen LogP contribution in [0.5, 0.6) is 0 Å². The van der Waals surface area contributed by atoms with Crippen LogP contribution in [0.4, 0.5) is 5.82 Å². The van der Waals surface area contributed by atoms with Crippen LogP contribution in [0.3, 0.4) is 0 Å². The highest BCUT2D eigenvalue weighted by Crippen LogP contribution is 2.25. The number of fused-ring (bicyclic) bond motifs is 2. The summed E-state index contributed by atoms with van der Waals surface area (Å²) in [6.07, 6.45) is 5.18. The van der Waals surface area contributed by atoms with Crippen molar-refractivity contribution < 1.29 is 9.59 Å². The van der Waals surface area contributed by atoms with Gasteiger partial charge >= 0.3 is 0 Å². The van der Waals surface area contributed by atoms with Crippen molar-refractivity contribution in [3.05, 3.63) is 95.8 Å². The summed E-state index contributed by atoms with van der Waals surface area (Å²) < 4.78 is 0. The first-order chi connectivity index (χ1) is 15.6. The van der Waals surface area contributed by atoms with E-state index in [1.54, 1.807) is 24.5 Å².